The Morgan fingerprint density at radius 3 is 2.58 bits per heavy atom. The number of carboxylic acid groups (broad SMARTS) is 1. The summed E-state index contributed by atoms with van der Waals surface area (Å²) < 4.78 is 0. The predicted molar refractivity (Wildman–Crippen MR) is 107 cm³/mol. The van der Waals surface area contributed by atoms with E-state index in [0.29, 0.717) is 16.7 Å². The predicted octanol–water partition coefficient (Wildman–Crippen LogP) is 5.73. The highest BCUT2D eigenvalue weighted by Crippen LogP contribution is 2.43. The van der Waals surface area contributed by atoms with Gasteiger partial charge in [0.15, 0.2) is 0 Å². The number of carbonyl (C=O) groups is 1. The number of halogens is 1. The first-order valence-corrected chi connectivity index (χ1v) is 11.4. The molecule has 4 atom stereocenters. The monoisotopic (exact) mass is 398 g/mol. The molecule has 0 saturated heterocycles. The highest BCUT2D eigenvalue weighted by molar-refractivity contribution is 7.13. The molecule has 0 aromatic carbocycles. The summed E-state index contributed by atoms with van der Waals surface area (Å²) in [7, 11) is 0. The molecule has 2 saturated carbocycles. The van der Waals surface area contributed by atoms with Crippen molar-refractivity contribution in [1.29, 1.82) is 0 Å². The summed E-state index contributed by atoms with van der Waals surface area (Å²) in [5.41, 5.74) is 0. The Labute approximate surface area is 165 Å². The van der Waals surface area contributed by atoms with Gasteiger partial charge in [0.05, 0.1) is 6.10 Å². The van der Waals surface area contributed by atoms with Crippen LogP contribution in [0.3, 0.4) is 0 Å². The lowest BCUT2D eigenvalue weighted by Gasteiger charge is -2.27. The minimum Gasteiger partial charge on any atom is -0.477 e. The fourth-order valence-corrected chi connectivity index (χ4v) is 6.36. The minimum absolute atomic E-state index is 0.0827. The highest BCUT2D eigenvalue weighted by atomic mass is 35.5. The zero-order valence-electron chi connectivity index (χ0n) is 15.4. The Hall–Kier alpha value is -0.580. The lowest BCUT2D eigenvalue weighted by molar-refractivity contribution is 0.0702. The van der Waals surface area contributed by atoms with Gasteiger partial charge in [0, 0.05) is 10.3 Å². The second-order valence-electron chi connectivity index (χ2n) is 8.19. The van der Waals surface area contributed by atoms with Crippen LogP contribution in [-0.2, 0) is 6.42 Å². The number of hydrogen-bond donors (Lipinski definition) is 2. The summed E-state index contributed by atoms with van der Waals surface area (Å²) in [6.07, 6.45) is 12.7. The summed E-state index contributed by atoms with van der Waals surface area (Å²) in [4.78, 5) is 12.5. The molecule has 0 bridgehead atoms. The topological polar surface area (TPSA) is 57.5 Å². The number of aryl methyl sites for hydroxylation is 1. The molecule has 2 fully saturated rings. The molecule has 0 aliphatic heterocycles. The normalized spacial score (nSPS) is 29.9. The molecular weight excluding hydrogens is 368 g/mol. The second kappa shape index (κ2) is 9.57. The number of carboxylic acids is 1. The number of aliphatic hydroxyl groups excluding tert-OH is 1. The number of rotatable bonds is 8. The molecule has 26 heavy (non-hydrogen) atoms. The molecule has 2 aliphatic carbocycles. The fourth-order valence-electron chi connectivity index (χ4n) is 4.98. The molecule has 2 N–H and O–H groups in total. The average Bonchev–Trinajstić information content (AvgIpc) is 3.19. The van der Waals surface area contributed by atoms with Gasteiger partial charge in [-0.25, -0.2) is 4.79 Å². The lowest BCUT2D eigenvalue weighted by Crippen LogP contribution is -2.22. The van der Waals surface area contributed by atoms with Gasteiger partial charge >= 0.3 is 5.97 Å². The average molecular weight is 399 g/mol. The molecule has 3 rings (SSSR count). The molecule has 146 valence electrons. The van der Waals surface area contributed by atoms with Crippen molar-refractivity contribution >= 4 is 28.9 Å². The Kier molecular flexibility index (Phi) is 7.42. The summed E-state index contributed by atoms with van der Waals surface area (Å²) >= 11 is 7.95. The quantitative estimate of drug-likeness (QED) is 0.549. The van der Waals surface area contributed by atoms with Crippen LogP contribution in [0.2, 0.25) is 0 Å². The molecule has 5 heteroatoms. The molecule has 1 heterocycles. The van der Waals surface area contributed by atoms with Gasteiger partial charge in [0.25, 0.3) is 0 Å². The molecule has 4 unspecified atom stereocenters. The van der Waals surface area contributed by atoms with Crippen LogP contribution in [0.1, 0.15) is 78.8 Å². The number of aromatic carboxylic acids is 1. The third-order valence-corrected chi connectivity index (χ3v) is 8.08. The molecule has 1 aromatic heterocycles. The van der Waals surface area contributed by atoms with Crippen LogP contribution in [0.4, 0.5) is 0 Å². The van der Waals surface area contributed by atoms with Gasteiger partial charge in [-0.1, -0.05) is 38.5 Å². The second-order valence-corrected chi connectivity index (χ2v) is 9.92. The van der Waals surface area contributed by atoms with E-state index in [2.05, 4.69) is 0 Å². The van der Waals surface area contributed by atoms with Crippen molar-refractivity contribution in [3.63, 3.8) is 0 Å². The standard InChI is InChI=1S/C21H31ClO3S/c22-18-13-19(23)17(11-9-14-5-2-1-3-6-14)16(18)8-4-7-15-10-12-20(26-15)21(24)25/h10,12,14,16-19,23H,1-9,11,13H2,(H,24,25). The van der Waals surface area contributed by atoms with E-state index in [0.717, 1.165) is 42.9 Å². The van der Waals surface area contributed by atoms with E-state index >= 15 is 0 Å². The van der Waals surface area contributed by atoms with E-state index in [4.69, 9.17) is 16.7 Å². The van der Waals surface area contributed by atoms with Crippen LogP contribution >= 0.6 is 22.9 Å². The van der Waals surface area contributed by atoms with Crippen LogP contribution in [0.15, 0.2) is 12.1 Å². The maximum atomic E-state index is 11.0. The van der Waals surface area contributed by atoms with E-state index in [9.17, 15) is 9.90 Å². The Bertz CT molecular complexity index is 582. The van der Waals surface area contributed by atoms with Gasteiger partial charge in [-0.2, -0.15) is 0 Å². The van der Waals surface area contributed by atoms with Crippen molar-refractivity contribution in [1.82, 2.24) is 0 Å². The number of alkyl halides is 1. The molecule has 3 nitrogen and oxygen atoms in total. The summed E-state index contributed by atoms with van der Waals surface area (Å²) in [5, 5.41) is 19.6. The van der Waals surface area contributed by atoms with Crippen LogP contribution in [0, 0.1) is 17.8 Å². The maximum Gasteiger partial charge on any atom is 0.345 e. The number of thiophene rings is 1. The molecule has 2 aliphatic rings. The molecule has 0 spiro atoms. The lowest BCUT2D eigenvalue weighted by atomic mass is 9.80. The van der Waals surface area contributed by atoms with E-state index in [1.165, 1.54) is 49.9 Å². The van der Waals surface area contributed by atoms with Gasteiger partial charge in [-0.05, 0) is 62.0 Å². The van der Waals surface area contributed by atoms with E-state index in [1.54, 1.807) is 6.07 Å². The first-order valence-electron chi connectivity index (χ1n) is 10.2. The van der Waals surface area contributed by atoms with Crippen molar-refractivity contribution in [2.75, 3.05) is 0 Å². The van der Waals surface area contributed by atoms with Crippen molar-refractivity contribution < 1.29 is 15.0 Å². The Balaban J connectivity index is 1.48. The fraction of sp³-hybridized carbons (Fsp3) is 0.762. The summed E-state index contributed by atoms with van der Waals surface area (Å²) in [6, 6.07) is 3.62. The Morgan fingerprint density at radius 2 is 1.88 bits per heavy atom. The number of aliphatic hydroxyl groups is 1. The minimum atomic E-state index is -0.844. The summed E-state index contributed by atoms with van der Waals surface area (Å²) in [5.74, 6) is 0.752. The van der Waals surface area contributed by atoms with Crippen LogP contribution in [-0.4, -0.2) is 27.7 Å². The first kappa shape index (κ1) is 20.2. The van der Waals surface area contributed by atoms with Gasteiger partial charge in [0.1, 0.15) is 4.88 Å². The maximum absolute atomic E-state index is 11.0. The van der Waals surface area contributed by atoms with Gasteiger partial charge < -0.3 is 10.2 Å². The van der Waals surface area contributed by atoms with Crippen molar-refractivity contribution in [2.45, 2.75) is 82.1 Å². The van der Waals surface area contributed by atoms with E-state index in [1.807, 2.05) is 6.07 Å². The van der Waals surface area contributed by atoms with E-state index in [-0.39, 0.29) is 11.5 Å². The van der Waals surface area contributed by atoms with Gasteiger partial charge in [0.2, 0.25) is 0 Å². The zero-order chi connectivity index (χ0) is 18.5. The zero-order valence-corrected chi connectivity index (χ0v) is 17.0. The van der Waals surface area contributed by atoms with Gasteiger partial charge in [-0.3, -0.25) is 0 Å². The van der Waals surface area contributed by atoms with Crippen molar-refractivity contribution in [2.24, 2.45) is 17.8 Å². The van der Waals surface area contributed by atoms with E-state index < -0.39 is 5.97 Å². The number of hydrogen-bond acceptors (Lipinski definition) is 3. The first-order chi connectivity index (χ1) is 12.5. The SMILES string of the molecule is O=C(O)c1ccc(CCCC2C(Cl)CC(O)C2CCC2CCCCC2)s1. The largest absolute Gasteiger partial charge is 0.477 e. The van der Waals surface area contributed by atoms with Crippen LogP contribution in [0.5, 0.6) is 0 Å². The molecule has 1 aromatic rings. The van der Waals surface area contributed by atoms with Crippen LogP contribution in [0.25, 0.3) is 0 Å². The Morgan fingerprint density at radius 1 is 1.12 bits per heavy atom. The van der Waals surface area contributed by atoms with Gasteiger partial charge in [-0.15, -0.1) is 22.9 Å². The third-order valence-electron chi connectivity index (χ3n) is 6.44. The molecule has 0 amide bonds. The van der Waals surface area contributed by atoms with Crippen molar-refractivity contribution in [3.05, 3.63) is 21.9 Å². The third kappa shape index (κ3) is 5.24. The molecular formula is C21H31ClO3S. The summed E-state index contributed by atoms with van der Waals surface area (Å²) in [6.45, 7) is 0. The molecule has 0 radical (unpaired) electrons. The highest BCUT2D eigenvalue weighted by Gasteiger charge is 2.40. The smallest absolute Gasteiger partial charge is 0.345 e. The van der Waals surface area contributed by atoms with Crippen molar-refractivity contribution in [3.8, 4) is 0 Å². The van der Waals surface area contributed by atoms with Crippen LogP contribution < -0.4 is 0 Å².